The van der Waals surface area contributed by atoms with Gasteiger partial charge in [0, 0.05) is 19.8 Å². The van der Waals surface area contributed by atoms with Crippen molar-refractivity contribution in [1.82, 2.24) is 10.6 Å². The first-order chi connectivity index (χ1) is 21.1. The van der Waals surface area contributed by atoms with Crippen molar-refractivity contribution in [3.8, 4) is 0 Å². The molecule has 13 heteroatoms. The summed E-state index contributed by atoms with van der Waals surface area (Å²) in [5, 5.41) is 4.69. The van der Waals surface area contributed by atoms with E-state index in [0.29, 0.717) is 6.42 Å². The highest BCUT2D eigenvalue weighted by molar-refractivity contribution is 8.14. The number of thioether (sulfide) groups is 1. The summed E-state index contributed by atoms with van der Waals surface area (Å²) in [5.41, 5.74) is 0.815. The lowest BCUT2D eigenvalue weighted by molar-refractivity contribution is -0.233. The average molecular weight is 651 g/mol. The molecule has 0 radical (unpaired) electrons. The number of carbonyl (C=O) groups excluding carboxylic acids is 4. The van der Waals surface area contributed by atoms with Gasteiger partial charge in [0.2, 0.25) is 11.8 Å². The van der Waals surface area contributed by atoms with Crippen LogP contribution in [-0.2, 0) is 54.0 Å². The molecule has 1 aromatic carbocycles. The number of rotatable bonds is 12. The summed E-state index contributed by atoms with van der Waals surface area (Å²) < 4.78 is 35.8. The van der Waals surface area contributed by atoms with E-state index in [4.69, 9.17) is 28.4 Å². The van der Waals surface area contributed by atoms with Crippen LogP contribution in [0.3, 0.4) is 0 Å². The summed E-state index contributed by atoms with van der Waals surface area (Å²) >= 11 is 0.963. The molecule has 3 aliphatic heterocycles. The van der Waals surface area contributed by atoms with Crippen LogP contribution in [-0.4, -0.2) is 89.6 Å². The van der Waals surface area contributed by atoms with Crippen molar-refractivity contribution in [2.24, 2.45) is 5.92 Å². The molecule has 3 aliphatic rings. The van der Waals surface area contributed by atoms with Crippen LogP contribution in [0.2, 0.25) is 0 Å². The highest BCUT2D eigenvalue weighted by Gasteiger charge is 2.62. The standard InChI is InChI=1S/C32H46N2O10S/c1-17(2)14-21(29(38)39-8)34-28(37)20(15-19-12-10-9-11-13-19)33-23(36)16-22(45-18(3)35)24-25-26(42-31(4,5)41-25)27-30(40-24)44-32(6,7)43-27/h9-13,17,20-22,24-27,30H,14-16H2,1-8H3,(H,33,36)(H,34,37)/t20-,21-,22?,24+,25-,26-,27+,30+/m0/s1. The Hall–Kier alpha value is -2.55. The van der Waals surface area contributed by atoms with E-state index in [1.165, 1.54) is 14.0 Å². The summed E-state index contributed by atoms with van der Waals surface area (Å²) in [6, 6.07) is 7.35. The van der Waals surface area contributed by atoms with E-state index in [-0.39, 0.29) is 23.9 Å². The summed E-state index contributed by atoms with van der Waals surface area (Å²) in [6.07, 6.45) is -2.97. The first kappa shape index (κ1) is 35.3. The smallest absolute Gasteiger partial charge is 0.328 e. The van der Waals surface area contributed by atoms with Crippen molar-refractivity contribution in [3.63, 3.8) is 0 Å². The molecule has 0 aliphatic carbocycles. The van der Waals surface area contributed by atoms with Gasteiger partial charge in [0.15, 0.2) is 23.0 Å². The third kappa shape index (κ3) is 9.26. The maximum Gasteiger partial charge on any atom is 0.328 e. The van der Waals surface area contributed by atoms with Gasteiger partial charge in [-0.15, -0.1) is 0 Å². The Kier molecular flexibility index (Phi) is 11.4. The van der Waals surface area contributed by atoms with E-state index >= 15 is 0 Å². The summed E-state index contributed by atoms with van der Waals surface area (Å²) in [4.78, 5) is 52.2. The van der Waals surface area contributed by atoms with Crippen molar-refractivity contribution in [2.45, 2.75) is 127 Å². The molecular formula is C32H46N2O10S. The molecule has 0 bridgehead atoms. The quantitative estimate of drug-likeness (QED) is 0.322. The fraction of sp³-hybridized carbons (Fsp3) is 0.688. The first-order valence-corrected chi connectivity index (χ1v) is 16.2. The number of benzene rings is 1. The normalized spacial score (nSPS) is 28.3. The summed E-state index contributed by atoms with van der Waals surface area (Å²) in [7, 11) is 1.27. The van der Waals surface area contributed by atoms with E-state index in [1.54, 1.807) is 27.7 Å². The van der Waals surface area contributed by atoms with Crippen LogP contribution in [0, 0.1) is 5.92 Å². The molecule has 1 aromatic rings. The van der Waals surface area contributed by atoms with Gasteiger partial charge in [-0.3, -0.25) is 14.4 Å². The second-order valence-electron chi connectivity index (χ2n) is 13.0. The molecule has 45 heavy (non-hydrogen) atoms. The SMILES string of the molecule is COC(=O)[C@H](CC(C)C)NC(=O)[C@H](Cc1ccccc1)NC(=O)CC(SC(C)=O)[C@H]1O[C@@H]2OC(C)(C)O[C@@H]2[C@H]2OC(C)(C)O[C@H]21. The van der Waals surface area contributed by atoms with E-state index < -0.39 is 77.4 Å². The predicted molar refractivity (Wildman–Crippen MR) is 165 cm³/mol. The monoisotopic (exact) mass is 650 g/mol. The van der Waals surface area contributed by atoms with Crippen LogP contribution in [0.15, 0.2) is 30.3 Å². The number of ether oxygens (including phenoxy) is 6. The van der Waals surface area contributed by atoms with Crippen LogP contribution in [0.25, 0.3) is 0 Å². The molecule has 4 rings (SSSR count). The van der Waals surface area contributed by atoms with E-state index in [2.05, 4.69) is 10.6 Å². The molecule has 250 valence electrons. The zero-order valence-electron chi connectivity index (χ0n) is 27.2. The molecule has 0 spiro atoms. The molecule has 12 nitrogen and oxygen atoms in total. The van der Waals surface area contributed by atoms with Gasteiger partial charge in [0.1, 0.15) is 36.5 Å². The Balaban J connectivity index is 1.55. The molecule has 2 amide bonds. The highest BCUT2D eigenvalue weighted by atomic mass is 32.2. The first-order valence-electron chi connectivity index (χ1n) is 15.3. The molecular weight excluding hydrogens is 604 g/mol. The van der Waals surface area contributed by atoms with Gasteiger partial charge in [-0.1, -0.05) is 55.9 Å². The fourth-order valence-corrected chi connectivity index (χ4v) is 6.99. The van der Waals surface area contributed by atoms with E-state index in [1.807, 2.05) is 44.2 Å². The molecule has 3 saturated heterocycles. The second-order valence-corrected chi connectivity index (χ2v) is 14.4. The van der Waals surface area contributed by atoms with Crippen molar-refractivity contribution in [1.29, 1.82) is 0 Å². The molecule has 8 atom stereocenters. The van der Waals surface area contributed by atoms with Gasteiger partial charge >= 0.3 is 5.97 Å². The van der Waals surface area contributed by atoms with Crippen molar-refractivity contribution >= 4 is 34.7 Å². The molecule has 3 fully saturated rings. The minimum atomic E-state index is -1.01. The number of esters is 1. The number of hydrogen-bond donors (Lipinski definition) is 2. The van der Waals surface area contributed by atoms with Gasteiger partial charge in [0.25, 0.3) is 0 Å². The van der Waals surface area contributed by atoms with Crippen LogP contribution in [0.1, 0.15) is 66.9 Å². The van der Waals surface area contributed by atoms with Crippen LogP contribution in [0.5, 0.6) is 0 Å². The lowest BCUT2D eigenvalue weighted by Gasteiger charge is -2.40. The zero-order chi connectivity index (χ0) is 33.1. The molecule has 0 saturated carbocycles. The largest absolute Gasteiger partial charge is 0.467 e. The van der Waals surface area contributed by atoms with Gasteiger partial charge < -0.3 is 39.1 Å². The molecule has 3 heterocycles. The Morgan fingerprint density at radius 3 is 2.13 bits per heavy atom. The third-order valence-electron chi connectivity index (χ3n) is 7.70. The minimum absolute atomic E-state index is 0.103. The van der Waals surface area contributed by atoms with Crippen LogP contribution in [0.4, 0.5) is 0 Å². The minimum Gasteiger partial charge on any atom is -0.467 e. The van der Waals surface area contributed by atoms with Gasteiger partial charge in [-0.2, -0.15) is 0 Å². The fourth-order valence-electron chi connectivity index (χ4n) is 5.98. The van der Waals surface area contributed by atoms with Crippen LogP contribution >= 0.6 is 11.8 Å². The lowest BCUT2D eigenvalue weighted by Crippen LogP contribution is -2.59. The summed E-state index contributed by atoms with van der Waals surface area (Å²) in [5.74, 6) is -3.35. The second kappa shape index (κ2) is 14.5. The van der Waals surface area contributed by atoms with Gasteiger partial charge in [0.05, 0.1) is 12.4 Å². The number of amides is 2. The number of methoxy groups -OCH3 is 1. The van der Waals surface area contributed by atoms with Crippen molar-refractivity contribution in [3.05, 3.63) is 35.9 Å². The Bertz CT molecular complexity index is 1230. The average Bonchev–Trinajstić information content (AvgIpc) is 3.44. The van der Waals surface area contributed by atoms with Gasteiger partial charge in [-0.05, 0) is 45.6 Å². The van der Waals surface area contributed by atoms with Crippen molar-refractivity contribution in [2.75, 3.05) is 7.11 Å². The number of hydrogen-bond acceptors (Lipinski definition) is 11. The third-order valence-corrected chi connectivity index (χ3v) is 8.77. The van der Waals surface area contributed by atoms with Crippen molar-refractivity contribution < 1.29 is 47.6 Å². The maximum atomic E-state index is 13.7. The number of carbonyl (C=O) groups is 4. The zero-order valence-corrected chi connectivity index (χ0v) is 28.0. The van der Waals surface area contributed by atoms with Gasteiger partial charge in [-0.25, -0.2) is 4.79 Å². The summed E-state index contributed by atoms with van der Waals surface area (Å²) in [6.45, 7) is 12.4. The van der Waals surface area contributed by atoms with Crippen LogP contribution < -0.4 is 10.6 Å². The Labute approximate surface area is 268 Å². The molecule has 0 aromatic heterocycles. The van der Waals surface area contributed by atoms with E-state index in [0.717, 1.165) is 17.3 Å². The maximum absolute atomic E-state index is 13.7. The number of nitrogens with one attached hydrogen (secondary N) is 2. The molecule has 2 N–H and O–H groups in total. The highest BCUT2D eigenvalue weighted by Crippen LogP contribution is 2.46. The lowest BCUT2D eigenvalue weighted by atomic mass is 9.95. The Morgan fingerprint density at radius 1 is 0.889 bits per heavy atom. The Morgan fingerprint density at radius 2 is 1.51 bits per heavy atom. The van der Waals surface area contributed by atoms with E-state index in [9.17, 15) is 19.2 Å². The number of fused-ring (bicyclic) bond motifs is 3. The predicted octanol–water partition coefficient (Wildman–Crippen LogP) is 2.85. The topological polar surface area (TPSA) is 148 Å². The molecule has 1 unspecified atom stereocenters.